The van der Waals surface area contributed by atoms with Crippen molar-refractivity contribution in [3.05, 3.63) is 84.4 Å². The standard InChI is InChI=1S/C51H56N16O22S6/c1-5-66(6-2)50-58-46(56-48(60-50)54-34-17-16-32-33(45(34)95(82,83)84)26-39(94(79,80)81)42(43(32)69)65-62-29-12-14-30(15-13-29)92(73,74)75)52-19-20-53-47-57-49(61-51(59-47)67(7-3)8-4)55-36-25-31(93(76,77)78)23-28-24-38(90-88-86-71)41(44(70)40(28)36)64-63-35-22-27(11-18-37(35)68)10-9-21-85-91-89-87-72/h11-18,22-26,68-72H,5-10,19-21H2,1-4H3,(H,73,74,75)(H,76,77,78)(H,79,80,81)(H,82,83,84)(H2,52,54,56,58,60)(H2,53,55,57,59,61). The first-order valence-corrected chi connectivity index (χ1v) is 34.5. The molecule has 0 unspecified atom stereocenters. The number of nitrogens with zero attached hydrogens (tertiary/aromatic N) is 12. The molecule has 0 saturated carbocycles. The quantitative estimate of drug-likeness (QED) is 0.00454. The lowest BCUT2D eigenvalue weighted by atomic mass is 10.1. The van der Waals surface area contributed by atoms with Gasteiger partial charge in [0.25, 0.3) is 40.5 Å². The smallest absolute Gasteiger partial charge is 0.297 e. The number of hydrogen-bond donors (Lipinski definition) is 13. The molecule has 0 atom stereocenters. The minimum Gasteiger partial charge on any atom is -0.506 e. The molecule has 8 aromatic rings. The number of fused-ring (bicyclic) bond motifs is 2. The van der Waals surface area contributed by atoms with Crippen molar-refractivity contribution in [1.29, 1.82) is 0 Å². The zero-order valence-electron chi connectivity index (χ0n) is 49.5. The highest BCUT2D eigenvalue weighted by atomic mass is 32.2. The van der Waals surface area contributed by atoms with Crippen LogP contribution in [0.1, 0.15) is 39.7 Å². The molecule has 508 valence electrons. The van der Waals surface area contributed by atoms with Gasteiger partial charge in [0.15, 0.2) is 23.8 Å². The monoisotopic (exact) mass is 1440 g/mol. The fourth-order valence-corrected chi connectivity index (χ4v) is 12.2. The Morgan fingerprint density at radius 1 is 0.547 bits per heavy atom. The predicted octanol–water partition coefficient (Wildman–Crippen LogP) is 9.36. The van der Waals surface area contributed by atoms with Crippen molar-refractivity contribution in [2.24, 2.45) is 20.5 Å². The molecule has 0 aliphatic carbocycles. The van der Waals surface area contributed by atoms with E-state index in [1.807, 2.05) is 13.8 Å². The number of aryl methyl sites for hydroxylation is 1. The van der Waals surface area contributed by atoms with Crippen LogP contribution in [0.15, 0.2) is 124 Å². The van der Waals surface area contributed by atoms with Crippen LogP contribution >= 0.6 is 24.4 Å². The first-order valence-electron chi connectivity index (χ1n) is 27.4. The number of azo groups is 2. The van der Waals surface area contributed by atoms with E-state index < -0.39 is 93.7 Å². The van der Waals surface area contributed by atoms with Crippen LogP contribution in [-0.2, 0) is 69.8 Å². The van der Waals surface area contributed by atoms with Crippen LogP contribution in [0, 0.1) is 0 Å². The maximum atomic E-state index is 13.3. The Hall–Kier alpha value is -8.68. The predicted molar refractivity (Wildman–Crippen MR) is 341 cm³/mol. The van der Waals surface area contributed by atoms with Crippen LogP contribution in [-0.4, -0.2) is 153 Å². The highest BCUT2D eigenvalue weighted by Gasteiger charge is 2.29. The first-order chi connectivity index (χ1) is 45.1. The highest BCUT2D eigenvalue weighted by molar-refractivity contribution is 7.94. The van der Waals surface area contributed by atoms with Gasteiger partial charge in [0.05, 0.1) is 50.4 Å². The summed E-state index contributed by atoms with van der Waals surface area (Å²) in [4.78, 5) is 27.0. The molecule has 2 aromatic heterocycles. The van der Waals surface area contributed by atoms with Crippen LogP contribution in [0.4, 0.5) is 69.8 Å². The van der Waals surface area contributed by atoms with E-state index in [0.29, 0.717) is 75.0 Å². The molecule has 44 heteroatoms. The summed E-state index contributed by atoms with van der Waals surface area (Å²) < 4.78 is 155. The van der Waals surface area contributed by atoms with Gasteiger partial charge in [0.2, 0.25) is 35.7 Å². The summed E-state index contributed by atoms with van der Waals surface area (Å²) in [6, 6.07) is 14.5. The molecular formula is C51H56N16O22S6. The molecule has 0 aliphatic rings. The molecule has 95 heavy (non-hydrogen) atoms. The van der Waals surface area contributed by atoms with Crippen molar-refractivity contribution >= 4 is 156 Å². The van der Waals surface area contributed by atoms with Crippen molar-refractivity contribution in [2.45, 2.75) is 65.0 Å². The average Bonchev–Trinajstić information content (AvgIpc) is 0.750. The summed E-state index contributed by atoms with van der Waals surface area (Å²) in [5.41, 5.74) is -1.46. The maximum Gasteiger partial charge on any atom is 0.297 e. The first kappa shape index (κ1) is 72.2. The number of benzene rings is 6. The molecule has 0 aliphatic heterocycles. The van der Waals surface area contributed by atoms with E-state index in [1.165, 1.54) is 18.2 Å². The zero-order valence-corrected chi connectivity index (χ0v) is 54.4. The van der Waals surface area contributed by atoms with Gasteiger partial charge < -0.3 is 46.4 Å². The van der Waals surface area contributed by atoms with Crippen molar-refractivity contribution < 1.29 is 101 Å². The number of hydrogen-bond acceptors (Lipinski definition) is 36. The summed E-state index contributed by atoms with van der Waals surface area (Å²) in [5.74, 6) is -2.62. The number of anilines is 8. The summed E-state index contributed by atoms with van der Waals surface area (Å²) >= 11 is 0.718. The SMILES string of the molecule is CCN(CC)c1nc(NCCNc2nc(Nc3cc(S(=O)(=O)O)cc4cc(SOOO)c(N=Nc5cc(CCCOSOOO)ccc5O)c(O)c34)nc(N(CC)CC)n2)nc(Nc2ccc3c(O)c(N=Nc4ccc(S(=O)(=O)O)cc4)c(S(=O)(=O)O)cc3c2S(=O)(=O)O)n1. The zero-order chi connectivity index (χ0) is 69.0. The fourth-order valence-electron chi connectivity index (χ4n) is 8.97. The maximum absolute atomic E-state index is 13.3. The number of phenols is 3. The van der Waals surface area contributed by atoms with Gasteiger partial charge in [0.1, 0.15) is 32.6 Å². The average molecular weight is 1440 g/mol. The second kappa shape index (κ2) is 31.3. The van der Waals surface area contributed by atoms with Crippen molar-refractivity contribution in [3.63, 3.8) is 0 Å². The third kappa shape index (κ3) is 18.2. The Morgan fingerprint density at radius 3 is 1.68 bits per heavy atom. The van der Waals surface area contributed by atoms with Gasteiger partial charge in [0, 0.05) is 55.4 Å². The Morgan fingerprint density at radius 2 is 1.13 bits per heavy atom. The number of nitrogens with one attached hydrogen (secondary N) is 4. The molecular weight excluding hydrogens is 1380 g/mol. The lowest BCUT2D eigenvalue weighted by Gasteiger charge is -2.21. The number of aromatic nitrogens is 6. The molecule has 0 radical (unpaired) electrons. The van der Waals surface area contributed by atoms with E-state index >= 15 is 0 Å². The second-order valence-corrected chi connectivity index (χ2v) is 26.1. The number of phenolic OH excluding ortho intramolecular Hbond substituents is 3. The van der Waals surface area contributed by atoms with E-state index in [9.17, 15) is 67.2 Å². The minimum atomic E-state index is -5.40. The van der Waals surface area contributed by atoms with Crippen LogP contribution in [0.3, 0.4) is 0 Å². The van der Waals surface area contributed by atoms with Crippen LogP contribution in [0.2, 0.25) is 0 Å². The normalized spacial score (nSPS) is 12.3. The van der Waals surface area contributed by atoms with Crippen molar-refractivity contribution in [1.82, 2.24) is 29.9 Å². The van der Waals surface area contributed by atoms with Gasteiger partial charge >= 0.3 is 0 Å². The van der Waals surface area contributed by atoms with Crippen LogP contribution in [0.25, 0.3) is 21.5 Å². The Labute approximate surface area is 547 Å². The van der Waals surface area contributed by atoms with Crippen molar-refractivity contribution in [2.75, 3.05) is 76.9 Å². The Bertz CT molecular complexity index is 4680. The van der Waals surface area contributed by atoms with Gasteiger partial charge in [-0.25, -0.2) is 10.5 Å². The molecule has 0 spiro atoms. The summed E-state index contributed by atoms with van der Waals surface area (Å²) in [7, 11) is -20.4. The van der Waals surface area contributed by atoms with Gasteiger partial charge in [-0.2, -0.15) is 68.7 Å². The molecule has 38 nitrogen and oxygen atoms in total. The third-order valence-electron chi connectivity index (χ3n) is 13.3. The van der Waals surface area contributed by atoms with E-state index in [-0.39, 0.29) is 99.6 Å². The lowest BCUT2D eigenvalue weighted by molar-refractivity contribution is -0.434. The van der Waals surface area contributed by atoms with Gasteiger partial charge in [-0.05, 0) is 124 Å². The summed E-state index contributed by atoms with van der Waals surface area (Å²) in [6.07, 6.45) is 0.840. The number of rotatable bonds is 33. The molecule has 0 fully saturated rings. The molecule has 8 rings (SSSR count). The van der Waals surface area contributed by atoms with Gasteiger partial charge in [-0.1, -0.05) is 16.1 Å². The van der Waals surface area contributed by atoms with Gasteiger partial charge in [-0.15, -0.1) is 24.0 Å². The summed E-state index contributed by atoms with van der Waals surface area (Å²) in [5, 5.41) is 85.2. The lowest BCUT2D eigenvalue weighted by Crippen LogP contribution is -2.26. The molecule has 6 aromatic carbocycles. The van der Waals surface area contributed by atoms with E-state index in [4.69, 9.17) is 14.7 Å². The second-order valence-electron chi connectivity index (χ2n) is 19.2. The Balaban J connectivity index is 1.10. The molecule has 0 bridgehead atoms. The molecule has 0 saturated heterocycles. The number of aromatic hydroxyl groups is 3. The van der Waals surface area contributed by atoms with Crippen LogP contribution < -0.4 is 31.1 Å². The topological polar surface area (TPSA) is 546 Å². The largest absolute Gasteiger partial charge is 0.506 e. The van der Waals surface area contributed by atoms with E-state index in [1.54, 1.807) is 29.7 Å². The van der Waals surface area contributed by atoms with Crippen molar-refractivity contribution in [3.8, 4) is 17.2 Å². The highest BCUT2D eigenvalue weighted by Crippen LogP contribution is 2.49. The fraction of sp³-hybridized carbons (Fsp3) is 0.255. The minimum absolute atomic E-state index is 0.0195. The molecule has 13 N–H and O–H groups in total. The van der Waals surface area contributed by atoms with E-state index in [2.05, 4.69) is 90.4 Å². The van der Waals surface area contributed by atoms with Crippen LogP contribution in [0.5, 0.6) is 17.2 Å². The van der Waals surface area contributed by atoms with Gasteiger partial charge in [-0.3, -0.25) is 22.4 Å². The molecule has 0 amide bonds. The summed E-state index contributed by atoms with van der Waals surface area (Å²) in [6.45, 7) is 8.80. The van der Waals surface area contributed by atoms with E-state index in [0.717, 1.165) is 48.5 Å². The third-order valence-corrected chi connectivity index (χ3v) is 17.8. The molecule has 2 heterocycles. The Kier molecular flexibility index (Phi) is 23.7.